The molecule has 5 N–H and O–H groups in total. The molecule has 0 aliphatic heterocycles. The smallest absolute Gasteiger partial charge is 0.328 e. The number of hydrogen-bond acceptors (Lipinski definition) is 7. The number of nitrogens with one attached hydrogen (secondary N) is 1. The standard InChI is InChI=1S/C32H29ClN6O3/c33-23-12-10-22(11-13-23)29-27(16-20-6-2-1-3-7-20)38-39-30(29)37-19-25(31(39)40)24-14-9-21(18-35)17-28(24)42-32(41)26(36)8-4-5-15-34/h1-3,6-7,9-14,17,19,26,38H,4-5,8,15-16,34,36H2/t26-/m1/s1. The van der Waals surface area contributed by atoms with Crippen molar-refractivity contribution in [3.05, 3.63) is 111 Å². The third-order valence-electron chi connectivity index (χ3n) is 6.97. The zero-order chi connectivity index (χ0) is 29.6. The third kappa shape index (κ3) is 6.11. The number of aromatic nitrogens is 3. The van der Waals surface area contributed by atoms with Gasteiger partial charge in [0.25, 0.3) is 5.56 Å². The molecule has 2 aromatic heterocycles. The average Bonchev–Trinajstić information content (AvgIpc) is 3.37. The van der Waals surface area contributed by atoms with Crippen LogP contribution in [0.5, 0.6) is 5.75 Å². The van der Waals surface area contributed by atoms with E-state index in [1.165, 1.54) is 16.8 Å². The minimum Gasteiger partial charge on any atom is -0.425 e. The Kier molecular flexibility index (Phi) is 8.79. The highest BCUT2D eigenvalue weighted by Crippen LogP contribution is 2.33. The molecule has 1 atom stereocenters. The lowest BCUT2D eigenvalue weighted by Crippen LogP contribution is -2.34. The molecule has 9 nitrogen and oxygen atoms in total. The first-order valence-electron chi connectivity index (χ1n) is 13.5. The zero-order valence-electron chi connectivity index (χ0n) is 22.7. The van der Waals surface area contributed by atoms with Crippen LogP contribution >= 0.6 is 11.6 Å². The summed E-state index contributed by atoms with van der Waals surface area (Å²) in [6.45, 7) is 0.501. The molecule has 0 saturated carbocycles. The summed E-state index contributed by atoms with van der Waals surface area (Å²) in [6.07, 6.45) is 3.79. The van der Waals surface area contributed by atoms with Gasteiger partial charge in [-0.15, -0.1) is 0 Å². The van der Waals surface area contributed by atoms with E-state index in [2.05, 4.69) is 10.1 Å². The van der Waals surface area contributed by atoms with Crippen LogP contribution < -0.4 is 21.8 Å². The molecule has 0 saturated heterocycles. The molecular weight excluding hydrogens is 552 g/mol. The quantitative estimate of drug-likeness (QED) is 0.121. The van der Waals surface area contributed by atoms with Crippen LogP contribution in [0.1, 0.15) is 36.1 Å². The SMILES string of the molecule is N#Cc1ccc(-c2cnc3c(-c4ccc(Cl)cc4)c(Cc4ccccc4)[nH]n3c2=O)c(OC(=O)[C@H](N)CCCCN)c1. The summed E-state index contributed by atoms with van der Waals surface area (Å²) < 4.78 is 7.03. The van der Waals surface area contributed by atoms with Crippen LogP contribution in [0, 0.1) is 11.3 Å². The summed E-state index contributed by atoms with van der Waals surface area (Å²) >= 11 is 6.15. The van der Waals surface area contributed by atoms with Gasteiger partial charge in [-0.25, -0.2) is 14.3 Å². The van der Waals surface area contributed by atoms with Crippen molar-refractivity contribution in [1.29, 1.82) is 5.26 Å². The number of halogens is 1. The van der Waals surface area contributed by atoms with Crippen LogP contribution in [0.4, 0.5) is 0 Å². The number of unbranched alkanes of at least 4 members (excludes halogenated alkanes) is 1. The van der Waals surface area contributed by atoms with E-state index in [1.54, 1.807) is 24.3 Å². The molecule has 42 heavy (non-hydrogen) atoms. The van der Waals surface area contributed by atoms with Crippen molar-refractivity contribution < 1.29 is 9.53 Å². The number of rotatable bonds is 10. The Bertz CT molecular complexity index is 1820. The summed E-state index contributed by atoms with van der Waals surface area (Å²) in [5.74, 6) is -0.603. The van der Waals surface area contributed by atoms with Crippen molar-refractivity contribution in [1.82, 2.24) is 14.6 Å². The van der Waals surface area contributed by atoms with Crippen molar-refractivity contribution in [2.45, 2.75) is 31.7 Å². The van der Waals surface area contributed by atoms with E-state index in [1.807, 2.05) is 48.5 Å². The Morgan fingerprint density at radius 2 is 1.83 bits per heavy atom. The normalized spacial score (nSPS) is 11.8. The molecule has 0 aliphatic carbocycles. The summed E-state index contributed by atoms with van der Waals surface area (Å²) in [6, 6.07) is 22.9. The fourth-order valence-electron chi connectivity index (χ4n) is 4.80. The molecule has 2 heterocycles. The molecule has 3 aromatic carbocycles. The first-order valence-corrected chi connectivity index (χ1v) is 13.9. The number of carbonyl (C=O) groups is 1. The molecular formula is C32H29ClN6O3. The molecule has 0 spiro atoms. The lowest BCUT2D eigenvalue weighted by molar-refractivity contribution is -0.136. The second-order valence-corrected chi connectivity index (χ2v) is 10.3. The average molecular weight is 581 g/mol. The first kappa shape index (κ1) is 28.8. The van der Waals surface area contributed by atoms with Crippen molar-refractivity contribution in [2.24, 2.45) is 11.5 Å². The number of nitrogens with two attached hydrogens (primary N) is 2. The highest BCUT2D eigenvalue weighted by atomic mass is 35.5. The van der Waals surface area contributed by atoms with Crippen LogP contribution in [0.2, 0.25) is 5.02 Å². The van der Waals surface area contributed by atoms with Gasteiger partial charge in [-0.1, -0.05) is 60.5 Å². The molecule has 0 radical (unpaired) electrons. The van der Waals surface area contributed by atoms with Gasteiger partial charge in [-0.05, 0) is 60.8 Å². The maximum absolute atomic E-state index is 14.0. The molecule has 10 heteroatoms. The van der Waals surface area contributed by atoms with Gasteiger partial charge in [0, 0.05) is 34.5 Å². The zero-order valence-corrected chi connectivity index (χ0v) is 23.5. The highest BCUT2D eigenvalue weighted by molar-refractivity contribution is 6.30. The maximum atomic E-state index is 14.0. The Hall–Kier alpha value is -4.75. The number of carbonyl (C=O) groups excluding carboxylic acids is 1. The van der Waals surface area contributed by atoms with Gasteiger partial charge < -0.3 is 16.2 Å². The number of ether oxygens (including phenoxy) is 1. The Balaban J connectivity index is 1.60. The number of esters is 1. The van der Waals surface area contributed by atoms with Crippen molar-refractivity contribution in [2.75, 3.05) is 6.54 Å². The van der Waals surface area contributed by atoms with E-state index in [0.717, 1.165) is 28.8 Å². The van der Waals surface area contributed by atoms with E-state index >= 15 is 0 Å². The number of hydrogen-bond donors (Lipinski definition) is 3. The molecule has 0 unspecified atom stereocenters. The Morgan fingerprint density at radius 1 is 1.07 bits per heavy atom. The van der Waals surface area contributed by atoms with Crippen LogP contribution in [0.25, 0.3) is 27.9 Å². The first-order chi connectivity index (χ1) is 20.4. The topological polar surface area (TPSA) is 152 Å². The molecule has 0 fully saturated rings. The second-order valence-electron chi connectivity index (χ2n) is 9.91. The fourth-order valence-corrected chi connectivity index (χ4v) is 4.93. The molecule has 0 bridgehead atoms. The molecule has 0 aliphatic rings. The predicted molar refractivity (Wildman–Crippen MR) is 162 cm³/mol. The van der Waals surface area contributed by atoms with Crippen LogP contribution in [-0.2, 0) is 11.2 Å². The van der Waals surface area contributed by atoms with Gasteiger partial charge in [0.15, 0.2) is 5.65 Å². The Morgan fingerprint density at radius 3 is 2.55 bits per heavy atom. The summed E-state index contributed by atoms with van der Waals surface area (Å²) in [5.41, 5.74) is 15.9. The number of aromatic amines is 1. The second kappa shape index (κ2) is 12.8. The minimum atomic E-state index is -0.872. The molecule has 5 aromatic rings. The summed E-state index contributed by atoms with van der Waals surface area (Å²) in [7, 11) is 0. The molecule has 212 valence electrons. The maximum Gasteiger partial charge on any atom is 0.328 e. The lowest BCUT2D eigenvalue weighted by Gasteiger charge is -2.14. The predicted octanol–water partition coefficient (Wildman–Crippen LogP) is 4.83. The number of H-pyrrole nitrogens is 1. The Labute approximate surface area is 247 Å². The van der Waals surface area contributed by atoms with E-state index in [9.17, 15) is 14.9 Å². The summed E-state index contributed by atoms with van der Waals surface area (Å²) in [5, 5.41) is 13.3. The van der Waals surface area contributed by atoms with Gasteiger partial charge in [0.1, 0.15) is 11.8 Å². The number of benzene rings is 3. The molecule has 0 amide bonds. The monoisotopic (exact) mass is 580 g/mol. The largest absolute Gasteiger partial charge is 0.425 e. The lowest BCUT2D eigenvalue weighted by atomic mass is 10.0. The van der Waals surface area contributed by atoms with Gasteiger partial charge in [0.2, 0.25) is 0 Å². The van der Waals surface area contributed by atoms with Crippen molar-refractivity contribution in [3.63, 3.8) is 0 Å². The van der Waals surface area contributed by atoms with E-state index in [-0.39, 0.29) is 16.9 Å². The number of fused-ring (bicyclic) bond motifs is 1. The van der Waals surface area contributed by atoms with Gasteiger partial charge in [-0.2, -0.15) is 5.26 Å². The number of nitrogens with zero attached hydrogens (tertiary/aromatic N) is 3. The molecule has 5 rings (SSSR count). The van der Waals surface area contributed by atoms with E-state index in [4.69, 9.17) is 27.8 Å². The van der Waals surface area contributed by atoms with Gasteiger partial charge >= 0.3 is 5.97 Å². The van der Waals surface area contributed by atoms with Crippen LogP contribution in [-0.4, -0.2) is 33.2 Å². The fraction of sp³-hybridized carbons (Fsp3) is 0.188. The van der Waals surface area contributed by atoms with Crippen LogP contribution in [0.3, 0.4) is 0 Å². The van der Waals surface area contributed by atoms with Crippen molar-refractivity contribution >= 4 is 23.2 Å². The van der Waals surface area contributed by atoms with Crippen LogP contribution in [0.15, 0.2) is 83.8 Å². The summed E-state index contributed by atoms with van der Waals surface area (Å²) in [4.78, 5) is 31.5. The highest BCUT2D eigenvalue weighted by Gasteiger charge is 2.22. The van der Waals surface area contributed by atoms with E-state index < -0.39 is 17.6 Å². The van der Waals surface area contributed by atoms with Gasteiger partial charge in [-0.3, -0.25) is 9.89 Å². The van der Waals surface area contributed by atoms with Gasteiger partial charge in [0.05, 0.1) is 17.2 Å². The van der Waals surface area contributed by atoms with E-state index in [0.29, 0.717) is 42.0 Å². The van der Waals surface area contributed by atoms with Crippen molar-refractivity contribution in [3.8, 4) is 34.1 Å². The number of nitriles is 1. The minimum absolute atomic E-state index is 0.0566. The third-order valence-corrected chi connectivity index (χ3v) is 7.23.